The zero-order valence-corrected chi connectivity index (χ0v) is 15.9. The first-order chi connectivity index (χ1) is 14.0. The molecule has 29 heavy (non-hydrogen) atoms. The lowest BCUT2D eigenvalue weighted by Gasteiger charge is -2.20. The van der Waals surface area contributed by atoms with Crippen molar-refractivity contribution in [2.24, 2.45) is 4.99 Å². The predicted molar refractivity (Wildman–Crippen MR) is 108 cm³/mol. The maximum absolute atomic E-state index is 13.3. The van der Waals surface area contributed by atoms with Gasteiger partial charge in [-0.25, -0.2) is 4.39 Å². The van der Waals surface area contributed by atoms with Crippen molar-refractivity contribution in [1.29, 1.82) is 0 Å². The summed E-state index contributed by atoms with van der Waals surface area (Å²) in [6.07, 6.45) is 2.21. The van der Waals surface area contributed by atoms with Gasteiger partial charge in [0, 0.05) is 7.05 Å². The number of carbonyl (C=O) groups excluding carboxylic acids is 2. The third kappa shape index (κ3) is 4.03. The molecule has 4 rings (SSSR count). The number of aliphatic imine (C=N–C) groups is 1. The van der Waals surface area contributed by atoms with Gasteiger partial charge in [-0.3, -0.25) is 14.6 Å². The second-order valence-electron chi connectivity index (χ2n) is 7.01. The molecule has 2 heterocycles. The number of rotatable bonds is 4. The van der Waals surface area contributed by atoms with E-state index >= 15 is 0 Å². The molecule has 0 fully saturated rings. The fourth-order valence-corrected chi connectivity index (χ4v) is 3.41. The van der Waals surface area contributed by atoms with Crippen LogP contribution in [0.5, 0.6) is 5.75 Å². The Morgan fingerprint density at radius 3 is 2.93 bits per heavy atom. The second kappa shape index (κ2) is 7.87. The van der Waals surface area contributed by atoms with Gasteiger partial charge in [-0.15, -0.1) is 0 Å². The summed E-state index contributed by atoms with van der Waals surface area (Å²) in [6, 6.07) is 12.8. The summed E-state index contributed by atoms with van der Waals surface area (Å²) in [5.41, 5.74) is 2.65. The van der Waals surface area contributed by atoms with E-state index in [1.807, 2.05) is 18.2 Å². The molecule has 1 N–H and O–H groups in total. The van der Waals surface area contributed by atoms with E-state index in [-0.39, 0.29) is 24.0 Å². The van der Waals surface area contributed by atoms with Crippen molar-refractivity contribution in [2.75, 3.05) is 25.1 Å². The number of ether oxygens (including phenoxy) is 1. The van der Waals surface area contributed by atoms with Crippen molar-refractivity contribution in [3.63, 3.8) is 0 Å². The van der Waals surface area contributed by atoms with Crippen LogP contribution >= 0.6 is 0 Å². The summed E-state index contributed by atoms with van der Waals surface area (Å²) in [5, 5.41) is 2.72. The SMILES string of the molecule is CN1C(=O)[C@H](NC(=O)C2=NCC(Cc3cccc(F)c3)=C2)COc2ccccc21. The predicted octanol–water partition coefficient (Wildman–Crippen LogP) is 2.29. The Kier molecular flexibility index (Phi) is 5.12. The Morgan fingerprint density at radius 1 is 1.28 bits per heavy atom. The standard InChI is InChI=1S/C22H20FN3O3/c1-26-19-7-2-3-8-20(19)29-13-18(22(26)28)25-21(27)17-11-15(12-24-17)9-14-5-4-6-16(23)10-14/h2-8,10-11,18H,9,12-13H2,1H3,(H,25,27)/t18-/m1/s1. The van der Waals surface area contributed by atoms with Gasteiger partial charge >= 0.3 is 0 Å². The maximum Gasteiger partial charge on any atom is 0.270 e. The number of benzene rings is 2. The van der Waals surface area contributed by atoms with Crippen LogP contribution in [0, 0.1) is 5.82 Å². The lowest BCUT2D eigenvalue weighted by Crippen LogP contribution is -2.50. The van der Waals surface area contributed by atoms with Gasteiger partial charge in [0.2, 0.25) is 0 Å². The summed E-state index contributed by atoms with van der Waals surface area (Å²) in [5.74, 6) is -0.390. The average Bonchev–Trinajstić information content (AvgIpc) is 3.14. The van der Waals surface area contributed by atoms with Gasteiger partial charge in [0.05, 0.1) is 12.2 Å². The largest absolute Gasteiger partial charge is 0.489 e. The van der Waals surface area contributed by atoms with E-state index in [0.717, 1.165) is 11.1 Å². The number of carbonyl (C=O) groups is 2. The van der Waals surface area contributed by atoms with E-state index in [9.17, 15) is 14.0 Å². The van der Waals surface area contributed by atoms with Crippen LogP contribution in [0.4, 0.5) is 10.1 Å². The second-order valence-corrected chi connectivity index (χ2v) is 7.01. The number of amides is 2. The van der Waals surface area contributed by atoms with E-state index in [1.165, 1.54) is 17.0 Å². The smallest absolute Gasteiger partial charge is 0.270 e. The van der Waals surface area contributed by atoms with Crippen molar-refractivity contribution in [3.8, 4) is 5.75 Å². The van der Waals surface area contributed by atoms with Crippen LogP contribution in [0.15, 0.2) is 65.2 Å². The van der Waals surface area contributed by atoms with Gasteiger partial charge in [0.15, 0.2) is 0 Å². The average molecular weight is 393 g/mol. The number of fused-ring (bicyclic) bond motifs is 1. The molecule has 2 aliphatic rings. The van der Waals surface area contributed by atoms with Crippen LogP contribution in [0.1, 0.15) is 5.56 Å². The summed E-state index contributed by atoms with van der Waals surface area (Å²) in [4.78, 5) is 31.1. The molecule has 2 amide bonds. The van der Waals surface area contributed by atoms with Gasteiger partial charge in [-0.2, -0.15) is 0 Å². The summed E-state index contributed by atoms with van der Waals surface area (Å²) >= 11 is 0. The highest BCUT2D eigenvalue weighted by Gasteiger charge is 2.31. The van der Waals surface area contributed by atoms with Gasteiger partial charge < -0.3 is 15.0 Å². The van der Waals surface area contributed by atoms with E-state index < -0.39 is 11.9 Å². The molecule has 0 saturated carbocycles. The lowest BCUT2D eigenvalue weighted by molar-refractivity contribution is -0.124. The highest BCUT2D eigenvalue weighted by atomic mass is 19.1. The van der Waals surface area contributed by atoms with Crippen LogP contribution in [0.25, 0.3) is 0 Å². The highest BCUT2D eigenvalue weighted by molar-refractivity contribution is 6.44. The fourth-order valence-electron chi connectivity index (χ4n) is 3.41. The molecular weight excluding hydrogens is 373 g/mol. The molecule has 0 bridgehead atoms. The number of likely N-dealkylation sites (N-methyl/N-ethyl adjacent to an activating group) is 1. The Hall–Kier alpha value is -3.48. The topological polar surface area (TPSA) is 71.0 Å². The van der Waals surface area contributed by atoms with Crippen molar-refractivity contribution >= 4 is 23.2 Å². The third-order valence-electron chi connectivity index (χ3n) is 4.91. The van der Waals surface area contributed by atoms with Crippen LogP contribution in [0.2, 0.25) is 0 Å². The maximum atomic E-state index is 13.3. The van der Waals surface area contributed by atoms with Crippen molar-refractivity contribution in [3.05, 3.63) is 71.6 Å². The number of hydrogen-bond donors (Lipinski definition) is 1. The monoisotopic (exact) mass is 393 g/mol. The molecule has 0 saturated heterocycles. The van der Waals surface area contributed by atoms with E-state index in [2.05, 4.69) is 10.3 Å². The number of nitrogens with one attached hydrogen (secondary N) is 1. The first kappa shape index (κ1) is 18.9. The molecule has 148 valence electrons. The Labute approximate surface area is 167 Å². The normalized spacial score (nSPS) is 18.3. The first-order valence-corrected chi connectivity index (χ1v) is 9.30. The zero-order chi connectivity index (χ0) is 20.4. The van der Waals surface area contributed by atoms with Crippen molar-refractivity contribution in [2.45, 2.75) is 12.5 Å². The molecule has 0 aromatic heterocycles. The molecule has 2 aromatic rings. The molecule has 0 unspecified atom stereocenters. The third-order valence-corrected chi connectivity index (χ3v) is 4.91. The Morgan fingerprint density at radius 2 is 2.10 bits per heavy atom. The van der Waals surface area contributed by atoms with Crippen LogP contribution in [-0.2, 0) is 16.0 Å². The van der Waals surface area contributed by atoms with Crippen molar-refractivity contribution < 1.29 is 18.7 Å². The fraction of sp³-hybridized carbons (Fsp3) is 0.227. The molecule has 0 spiro atoms. The number of anilines is 1. The van der Waals surface area contributed by atoms with Gasteiger partial charge in [0.25, 0.3) is 11.8 Å². The molecule has 2 aliphatic heterocycles. The summed E-state index contributed by atoms with van der Waals surface area (Å²) in [6.45, 7) is 0.415. The summed E-state index contributed by atoms with van der Waals surface area (Å²) in [7, 11) is 1.65. The van der Waals surface area contributed by atoms with Crippen LogP contribution in [-0.4, -0.2) is 43.8 Å². The molecule has 1 atom stereocenters. The number of hydrogen-bond acceptors (Lipinski definition) is 4. The molecule has 7 heteroatoms. The minimum atomic E-state index is -0.816. The first-order valence-electron chi connectivity index (χ1n) is 9.30. The van der Waals surface area contributed by atoms with Gasteiger partial charge in [-0.1, -0.05) is 24.3 Å². The highest BCUT2D eigenvalue weighted by Crippen LogP contribution is 2.29. The number of nitrogens with zero attached hydrogens (tertiary/aromatic N) is 2. The molecule has 0 aliphatic carbocycles. The Balaban J connectivity index is 1.42. The number of halogens is 1. The van der Waals surface area contributed by atoms with E-state index in [1.54, 1.807) is 31.3 Å². The molecule has 0 radical (unpaired) electrons. The quantitative estimate of drug-likeness (QED) is 0.867. The Bertz CT molecular complexity index is 1030. The minimum absolute atomic E-state index is 0.0407. The van der Waals surface area contributed by atoms with E-state index in [0.29, 0.717) is 24.4 Å². The van der Waals surface area contributed by atoms with Gasteiger partial charge in [-0.05, 0) is 47.9 Å². The minimum Gasteiger partial charge on any atom is -0.489 e. The zero-order valence-electron chi connectivity index (χ0n) is 15.9. The van der Waals surface area contributed by atoms with Crippen LogP contribution in [0.3, 0.4) is 0 Å². The summed E-state index contributed by atoms with van der Waals surface area (Å²) < 4.78 is 19.1. The molecule has 6 nitrogen and oxygen atoms in total. The van der Waals surface area contributed by atoms with E-state index in [4.69, 9.17) is 4.74 Å². The number of para-hydroxylation sites is 2. The lowest BCUT2D eigenvalue weighted by atomic mass is 10.1. The van der Waals surface area contributed by atoms with Crippen molar-refractivity contribution in [1.82, 2.24) is 5.32 Å². The molecular formula is C22H20FN3O3. The van der Waals surface area contributed by atoms with Gasteiger partial charge in [0.1, 0.15) is 29.9 Å². The molecule has 2 aromatic carbocycles. The van der Waals surface area contributed by atoms with Crippen LogP contribution < -0.4 is 15.0 Å².